The summed E-state index contributed by atoms with van der Waals surface area (Å²) >= 11 is 0. The Morgan fingerprint density at radius 2 is 1.80 bits per heavy atom. The zero-order valence-corrected chi connectivity index (χ0v) is 9.41. The summed E-state index contributed by atoms with van der Waals surface area (Å²) in [6.45, 7) is 7.60. The van der Waals surface area contributed by atoms with Gasteiger partial charge in [0.1, 0.15) is 0 Å². The predicted molar refractivity (Wildman–Crippen MR) is 67.6 cm³/mol. The molecule has 1 aliphatic carbocycles. The van der Waals surface area contributed by atoms with Gasteiger partial charge in [-0.05, 0) is 18.9 Å². The van der Waals surface area contributed by atoms with Crippen molar-refractivity contribution in [3.63, 3.8) is 0 Å². The first-order valence-electron chi connectivity index (χ1n) is 5.74. The van der Waals surface area contributed by atoms with Gasteiger partial charge in [0.2, 0.25) is 0 Å². The van der Waals surface area contributed by atoms with Crippen molar-refractivity contribution in [3.05, 3.63) is 49.2 Å². The van der Waals surface area contributed by atoms with Gasteiger partial charge in [0.15, 0.2) is 0 Å². The normalized spacial score (nSPS) is 18.4. The van der Waals surface area contributed by atoms with Gasteiger partial charge >= 0.3 is 0 Å². The molecule has 0 aromatic carbocycles. The van der Waals surface area contributed by atoms with Crippen molar-refractivity contribution < 1.29 is 0 Å². The minimum atomic E-state index is 0.638. The van der Waals surface area contributed by atoms with Crippen LogP contribution in [0.15, 0.2) is 49.2 Å². The Balaban J connectivity index is 2.25. The smallest absolute Gasteiger partial charge is 0.0269 e. The quantitative estimate of drug-likeness (QED) is 0.671. The minimum absolute atomic E-state index is 0.638. The van der Waals surface area contributed by atoms with Crippen LogP contribution in [0.2, 0.25) is 0 Å². The van der Waals surface area contributed by atoms with Gasteiger partial charge in [-0.25, -0.2) is 0 Å². The van der Waals surface area contributed by atoms with Crippen molar-refractivity contribution in [2.45, 2.75) is 38.1 Å². The SMILES string of the molecule is C=C/C=C\C=C/C(=C)NC1CCCCC1. The molecule has 0 atom stereocenters. The highest BCUT2D eigenvalue weighted by molar-refractivity contribution is 5.19. The molecule has 0 unspecified atom stereocenters. The van der Waals surface area contributed by atoms with Crippen LogP contribution < -0.4 is 5.32 Å². The number of hydrogen-bond donors (Lipinski definition) is 1. The van der Waals surface area contributed by atoms with E-state index in [1.54, 1.807) is 6.08 Å². The van der Waals surface area contributed by atoms with Crippen molar-refractivity contribution in [1.82, 2.24) is 5.32 Å². The maximum atomic E-state index is 3.99. The van der Waals surface area contributed by atoms with Gasteiger partial charge in [0, 0.05) is 11.7 Å². The van der Waals surface area contributed by atoms with E-state index in [0.717, 1.165) is 5.70 Å². The molecule has 1 heteroatoms. The summed E-state index contributed by atoms with van der Waals surface area (Å²) in [5.41, 5.74) is 1.01. The Labute approximate surface area is 93.3 Å². The Kier molecular flexibility index (Phi) is 5.60. The van der Waals surface area contributed by atoms with Crippen molar-refractivity contribution >= 4 is 0 Å². The second kappa shape index (κ2) is 7.10. The molecule has 1 N–H and O–H groups in total. The zero-order valence-electron chi connectivity index (χ0n) is 9.41. The molecule has 1 nitrogen and oxygen atoms in total. The van der Waals surface area contributed by atoms with E-state index < -0.39 is 0 Å². The molecular formula is C14H21N. The molecule has 82 valence electrons. The van der Waals surface area contributed by atoms with Gasteiger partial charge in [-0.3, -0.25) is 0 Å². The second-order valence-electron chi connectivity index (χ2n) is 3.98. The maximum absolute atomic E-state index is 3.99. The summed E-state index contributed by atoms with van der Waals surface area (Å²) in [6, 6.07) is 0.638. The molecule has 0 heterocycles. The maximum Gasteiger partial charge on any atom is 0.0269 e. The summed E-state index contributed by atoms with van der Waals surface area (Å²) < 4.78 is 0. The summed E-state index contributed by atoms with van der Waals surface area (Å²) in [4.78, 5) is 0. The average molecular weight is 203 g/mol. The molecule has 0 aromatic heterocycles. The largest absolute Gasteiger partial charge is 0.383 e. The standard InChI is InChI=1S/C14H21N/c1-3-4-5-7-10-13(2)15-14-11-8-6-9-12-14/h3-5,7,10,14-15H,1-2,6,8-9,11-12H2/b5-4-,10-7-. The zero-order chi connectivity index (χ0) is 10.9. The third-order valence-electron chi connectivity index (χ3n) is 2.65. The second-order valence-corrected chi connectivity index (χ2v) is 3.98. The summed E-state index contributed by atoms with van der Waals surface area (Å²) in [7, 11) is 0. The lowest BCUT2D eigenvalue weighted by Crippen LogP contribution is -2.29. The van der Waals surface area contributed by atoms with Gasteiger partial charge in [-0.2, -0.15) is 0 Å². The molecule has 1 aliphatic rings. The van der Waals surface area contributed by atoms with Gasteiger partial charge in [-0.15, -0.1) is 0 Å². The third-order valence-corrected chi connectivity index (χ3v) is 2.65. The van der Waals surface area contributed by atoms with Crippen molar-refractivity contribution in [1.29, 1.82) is 0 Å². The van der Waals surface area contributed by atoms with Gasteiger partial charge in [-0.1, -0.05) is 56.7 Å². The monoisotopic (exact) mass is 203 g/mol. The van der Waals surface area contributed by atoms with E-state index in [1.807, 2.05) is 24.3 Å². The van der Waals surface area contributed by atoms with Crippen LogP contribution >= 0.6 is 0 Å². The molecule has 0 radical (unpaired) electrons. The summed E-state index contributed by atoms with van der Waals surface area (Å²) in [5, 5.41) is 3.45. The van der Waals surface area contributed by atoms with Crippen molar-refractivity contribution in [3.8, 4) is 0 Å². The van der Waals surface area contributed by atoms with Crippen LogP contribution in [-0.2, 0) is 0 Å². The third kappa shape index (κ3) is 5.26. The summed E-state index contributed by atoms with van der Waals surface area (Å²) in [5.74, 6) is 0. The Hall–Kier alpha value is -1.24. The molecule has 1 rings (SSSR count). The van der Waals surface area contributed by atoms with E-state index in [0.29, 0.717) is 6.04 Å². The first-order chi connectivity index (χ1) is 7.33. The van der Waals surface area contributed by atoms with E-state index >= 15 is 0 Å². The van der Waals surface area contributed by atoms with E-state index in [9.17, 15) is 0 Å². The van der Waals surface area contributed by atoms with Crippen LogP contribution in [0.25, 0.3) is 0 Å². The van der Waals surface area contributed by atoms with Crippen LogP contribution in [0.1, 0.15) is 32.1 Å². The molecule has 0 spiro atoms. The Bertz CT molecular complexity index is 255. The molecule has 0 bridgehead atoms. The van der Waals surface area contributed by atoms with Crippen LogP contribution in [0.4, 0.5) is 0 Å². The molecule has 0 aromatic rings. The van der Waals surface area contributed by atoms with E-state index in [4.69, 9.17) is 0 Å². The highest BCUT2D eigenvalue weighted by Gasteiger charge is 2.11. The molecule has 1 fully saturated rings. The first kappa shape index (κ1) is 11.8. The lowest BCUT2D eigenvalue weighted by molar-refractivity contribution is 0.399. The number of rotatable bonds is 5. The fourth-order valence-corrected chi connectivity index (χ4v) is 1.87. The number of hydrogen-bond acceptors (Lipinski definition) is 1. The molecule has 0 aliphatic heterocycles. The van der Waals surface area contributed by atoms with Crippen LogP contribution in [0.3, 0.4) is 0 Å². The van der Waals surface area contributed by atoms with Crippen LogP contribution in [-0.4, -0.2) is 6.04 Å². The fraction of sp³-hybridized carbons (Fsp3) is 0.429. The highest BCUT2D eigenvalue weighted by Crippen LogP contribution is 2.18. The molecule has 0 amide bonds. The van der Waals surface area contributed by atoms with Gasteiger partial charge in [0.05, 0.1) is 0 Å². The first-order valence-corrected chi connectivity index (χ1v) is 5.74. The highest BCUT2D eigenvalue weighted by atomic mass is 14.9. The van der Waals surface area contributed by atoms with Gasteiger partial charge in [0.25, 0.3) is 0 Å². The molecule has 1 saturated carbocycles. The van der Waals surface area contributed by atoms with E-state index in [-0.39, 0.29) is 0 Å². The van der Waals surface area contributed by atoms with Crippen LogP contribution in [0, 0.1) is 0 Å². The Morgan fingerprint density at radius 1 is 1.07 bits per heavy atom. The lowest BCUT2D eigenvalue weighted by Gasteiger charge is -2.23. The molecule has 15 heavy (non-hydrogen) atoms. The lowest BCUT2D eigenvalue weighted by atomic mass is 9.95. The molecule has 0 saturated heterocycles. The number of nitrogens with one attached hydrogen (secondary N) is 1. The summed E-state index contributed by atoms with van der Waals surface area (Å²) in [6.07, 6.45) is 16.3. The predicted octanol–water partition coefficient (Wildman–Crippen LogP) is 3.72. The topological polar surface area (TPSA) is 12.0 Å². The minimum Gasteiger partial charge on any atom is -0.383 e. The molecular weight excluding hydrogens is 182 g/mol. The van der Waals surface area contributed by atoms with Crippen LogP contribution in [0.5, 0.6) is 0 Å². The fourth-order valence-electron chi connectivity index (χ4n) is 1.87. The van der Waals surface area contributed by atoms with Crippen molar-refractivity contribution in [2.75, 3.05) is 0 Å². The van der Waals surface area contributed by atoms with E-state index in [2.05, 4.69) is 18.5 Å². The Morgan fingerprint density at radius 3 is 2.47 bits per heavy atom. The van der Waals surface area contributed by atoms with E-state index in [1.165, 1.54) is 32.1 Å². The number of allylic oxidation sites excluding steroid dienone is 5. The van der Waals surface area contributed by atoms with Crippen molar-refractivity contribution in [2.24, 2.45) is 0 Å². The van der Waals surface area contributed by atoms with Gasteiger partial charge < -0.3 is 5.32 Å². The average Bonchev–Trinajstić information content (AvgIpc) is 2.26.